The Hall–Kier alpha value is -2.86. The zero-order chi connectivity index (χ0) is 42.7. The van der Waals surface area contributed by atoms with Gasteiger partial charge in [-0.15, -0.1) is 0 Å². The van der Waals surface area contributed by atoms with Gasteiger partial charge in [0.15, 0.2) is 8.32 Å². The molecule has 2 atom stereocenters. The van der Waals surface area contributed by atoms with E-state index in [0.29, 0.717) is 5.56 Å². The molecule has 0 saturated carbocycles. The van der Waals surface area contributed by atoms with Gasteiger partial charge in [-0.05, 0) is 34.8 Å². The molecule has 0 radical (unpaired) electrons. The van der Waals surface area contributed by atoms with Crippen LogP contribution in [0, 0.1) is 5.92 Å². The summed E-state index contributed by atoms with van der Waals surface area (Å²) in [6, 6.07) is 4.20. The zero-order valence-electron chi connectivity index (χ0n) is 28.6. The third-order valence-corrected chi connectivity index (χ3v) is 14.4. The van der Waals surface area contributed by atoms with Gasteiger partial charge in [0.05, 0.1) is 12.7 Å². The zero-order valence-corrected chi connectivity index (χ0v) is 29.6. The summed E-state index contributed by atoms with van der Waals surface area (Å²) in [5, 5.41) is 18.9. The fourth-order valence-electron chi connectivity index (χ4n) is 5.19. The molecule has 24 heteroatoms. The van der Waals surface area contributed by atoms with Gasteiger partial charge in [-0.1, -0.05) is 52.8 Å². The molecule has 0 aliphatic heterocycles. The number of carbonyl (C=O) groups excluding carboxylic acids is 1. The minimum absolute atomic E-state index is 0.128. The SMILES string of the molecule is CC(C)[Si](CCC(F)(F)C(F)(F)C(F)(F)C(F)(F)C(F)(F)C(F)(F)C(F)(F)C(F)(F)F)(OCCOc1ccc([C@@H](O)[C@H](C)/C=C/C(=O)NO)cc1)C(C)C. The molecule has 0 aliphatic rings. The van der Waals surface area contributed by atoms with Crippen LogP contribution in [0.1, 0.15) is 52.7 Å². The molecule has 1 rings (SSSR count). The molecule has 1 aromatic rings. The molecule has 6 nitrogen and oxygen atoms in total. The van der Waals surface area contributed by atoms with E-state index in [9.17, 15) is 84.5 Å². The molecule has 1 aromatic carbocycles. The number of amides is 1. The average Bonchev–Trinajstić information content (AvgIpc) is 3.05. The molecule has 0 fully saturated rings. The molecular formula is C30H36F17NO5Si. The lowest BCUT2D eigenvalue weighted by Crippen LogP contribution is -2.74. The maximum absolute atomic E-state index is 14.8. The first-order chi connectivity index (χ1) is 24.1. The highest BCUT2D eigenvalue weighted by atomic mass is 28.4. The molecule has 0 spiro atoms. The van der Waals surface area contributed by atoms with Crippen LogP contribution in [0.5, 0.6) is 5.75 Å². The number of aliphatic hydroxyl groups excluding tert-OH is 1. The van der Waals surface area contributed by atoms with Gasteiger partial charge in [-0.2, -0.15) is 74.6 Å². The number of rotatable bonds is 20. The predicted molar refractivity (Wildman–Crippen MR) is 157 cm³/mol. The molecular weight excluding hydrogens is 805 g/mol. The normalized spacial score (nSPS) is 16.0. The number of hydroxylamine groups is 1. The van der Waals surface area contributed by atoms with E-state index in [1.165, 1.54) is 70.4 Å². The molecule has 0 heterocycles. The Labute approximate surface area is 297 Å². The van der Waals surface area contributed by atoms with Crippen LogP contribution in [0.25, 0.3) is 0 Å². The summed E-state index contributed by atoms with van der Waals surface area (Å²) in [6.45, 7) is 5.88. The lowest BCUT2D eigenvalue weighted by Gasteiger charge is -2.44. The summed E-state index contributed by atoms with van der Waals surface area (Å²) in [6.07, 6.45) is -9.26. The van der Waals surface area contributed by atoms with Crippen LogP contribution in [0.2, 0.25) is 17.1 Å². The lowest BCUT2D eigenvalue weighted by molar-refractivity contribution is -0.461. The molecule has 0 unspecified atom stereocenters. The summed E-state index contributed by atoms with van der Waals surface area (Å²) < 4.78 is 245. The van der Waals surface area contributed by atoms with Gasteiger partial charge in [0, 0.05) is 18.4 Å². The second-order valence-electron chi connectivity index (χ2n) is 12.8. The highest BCUT2D eigenvalue weighted by Crippen LogP contribution is 2.64. The van der Waals surface area contributed by atoms with Crippen LogP contribution >= 0.6 is 0 Å². The number of hydrogen-bond acceptors (Lipinski definition) is 5. The van der Waals surface area contributed by atoms with Crippen molar-refractivity contribution in [2.45, 2.75) is 112 Å². The number of alkyl halides is 17. The van der Waals surface area contributed by atoms with Crippen molar-refractivity contribution in [2.24, 2.45) is 5.92 Å². The van der Waals surface area contributed by atoms with E-state index in [2.05, 4.69) is 0 Å². The number of nitrogens with one attached hydrogen (secondary N) is 1. The average molecular weight is 842 g/mol. The second-order valence-corrected chi connectivity index (χ2v) is 17.8. The van der Waals surface area contributed by atoms with Crippen molar-refractivity contribution >= 4 is 14.2 Å². The van der Waals surface area contributed by atoms with E-state index in [1.54, 1.807) is 0 Å². The van der Waals surface area contributed by atoms with E-state index in [-0.39, 0.29) is 5.75 Å². The lowest BCUT2D eigenvalue weighted by atomic mass is 9.88. The fourth-order valence-corrected chi connectivity index (χ4v) is 9.66. The van der Waals surface area contributed by atoms with Crippen LogP contribution in [0.4, 0.5) is 74.6 Å². The number of aliphatic hydroxyl groups is 1. The molecule has 54 heavy (non-hydrogen) atoms. The summed E-state index contributed by atoms with van der Waals surface area (Å²) in [7, 11) is -3.95. The molecule has 0 bridgehead atoms. The molecule has 1 amide bonds. The standard InChI is InChI=1S/C30H36F17NO5Si/c1-16(2)54(17(3)4,53-14-13-52-20-9-7-19(8-10-20)22(50)18(5)6-11-21(49)48-51)15-12-23(31,32)24(33,34)25(35,36)26(37,38)27(39,40)28(41,42)29(43,44)30(45,46)47/h6-11,16-18,22,50-51H,12-15H2,1-5H3,(H,48,49)/b11-6+/t18-,22+/m1/s1. The molecule has 3 N–H and O–H groups in total. The Bertz CT molecular complexity index is 1410. The van der Waals surface area contributed by atoms with Crippen molar-refractivity contribution in [3.63, 3.8) is 0 Å². The van der Waals surface area contributed by atoms with Gasteiger partial charge in [0.25, 0.3) is 5.91 Å². The number of benzene rings is 1. The first-order valence-corrected chi connectivity index (χ1v) is 17.7. The monoisotopic (exact) mass is 841 g/mol. The Kier molecular flexibility index (Phi) is 15.2. The molecule has 314 valence electrons. The van der Waals surface area contributed by atoms with Crippen LogP contribution in [0.3, 0.4) is 0 Å². The van der Waals surface area contributed by atoms with E-state index in [1.807, 2.05) is 0 Å². The maximum atomic E-state index is 14.8. The van der Waals surface area contributed by atoms with Gasteiger partial charge in [-0.25, -0.2) is 5.48 Å². The quantitative estimate of drug-likeness (QED) is 0.0304. The summed E-state index contributed by atoms with van der Waals surface area (Å²) in [5.41, 5.74) is -0.0305. The van der Waals surface area contributed by atoms with Crippen molar-refractivity contribution in [3.8, 4) is 5.75 Å². The summed E-state index contributed by atoms with van der Waals surface area (Å²) in [5.74, 6) is -58.1. The first kappa shape index (κ1) is 49.2. The third-order valence-electron chi connectivity index (χ3n) is 8.68. The van der Waals surface area contributed by atoms with Gasteiger partial charge in [0.2, 0.25) is 0 Å². The Morgan fingerprint density at radius 2 is 1.13 bits per heavy atom. The van der Waals surface area contributed by atoms with E-state index in [0.717, 1.165) is 6.08 Å². The Balaban J connectivity index is 3.23. The van der Waals surface area contributed by atoms with Crippen LogP contribution < -0.4 is 10.2 Å². The van der Waals surface area contributed by atoms with Crippen LogP contribution in [0.15, 0.2) is 36.4 Å². The smallest absolute Gasteiger partial charge is 0.460 e. The van der Waals surface area contributed by atoms with E-state index < -0.39 is 111 Å². The minimum atomic E-state index is -8.68. The van der Waals surface area contributed by atoms with Crippen LogP contribution in [-0.2, 0) is 9.22 Å². The van der Waals surface area contributed by atoms with Crippen molar-refractivity contribution in [1.29, 1.82) is 0 Å². The predicted octanol–water partition coefficient (Wildman–Crippen LogP) is 9.98. The number of hydrogen-bond donors (Lipinski definition) is 3. The van der Waals surface area contributed by atoms with Crippen molar-refractivity contribution in [1.82, 2.24) is 5.48 Å². The highest BCUT2D eigenvalue weighted by molar-refractivity contribution is 6.76. The van der Waals surface area contributed by atoms with Crippen molar-refractivity contribution in [2.75, 3.05) is 13.2 Å². The topological polar surface area (TPSA) is 88.0 Å². The number of halogens is 17. The molecule has 0 aromatic heterocycles. The summed E-state index contributed by atoms with van der Waals surface area (Å²) >= 11 is 0. The van der Waals surface area contributed by atoms with Gasteiger partial charge in [-0.3, -0.25) is 10.0 Å². The number of carbonyl (C=O) groups is 1. The Morgan fingerprint density at radius 3 is 1.54 bits per heavy atom. The minimum Gasteiger partial charge on any atom is -0.491 e. The third kappa shape index (κ3) is 9.05. The highest BCUT2D eigenvalue weighted by Gasteiger charge is 2.95. The molecule has 0 saturated heterocycles. The van der Waals surface area contributed by atoms with Crippen molar-refractivity contribution < 1.29 is 98.9 Å². The Morgan fingerprint density at radius 1 is 0.704 bits per heavy atom. The van der Waals surface area contributed by atoms with Gasteiger partial charge in [0.1, 0.15) is 12.4 Å². The van der Waals surface area contributed by atoms with Gasteiger partial charge < -0.3 is 14.3 Å². The second kappa shape index (κ2) is 16.7. The summed E-state index contributed by atoms with van der Waals surface area (Å²) in [4.78, 5) is 11.1. The van der Waals surface area contributed by atoms with Crippen LogP contribution in [-0.4, -0.2) is 85.4 Å². The van der Waals surface area contributed by atoms with E-state index >= 15 is 0 Å². The van der Waals surface area contributed by atoms with E-state index in [4.69, 9.17) is 14.4 Å². The van der Waals surface area contributed by atoms with Gasteiger partial charge >= 0.3 is 47.6 Å². The molecule has 0 aliphatic carbocycles. The van der Waals surface area contributed by atoms with Crippen molar-refractivity contribution in [3.05, 3.63) is 42.0 Å². The number of ether oxygens (including phenoxy) is 1. The first-order valence-electron chi connectivity index (χ1n) is 15.5. The fraction of sp³-hybridized carbons (Fsp3) is 0.700. The largest absolute Gasteiger partial charge is 0.491 e. The maximum Gasteiger partial charge on any atom is 0.460 e.